The molecule has 3 aromatic rings. The third-order valence-electron chi connectivity index (χ3n) is 6.68. The van der Waals surface area contributed by atoms with E-state index in [1.54, 1.807) is 45.3 Å². The van der Waals surface area contributed by atoms with Crippen molar-refractivity contribution in [1.29, 1.82) is 0 Å². The predicted octanol–water partition coefficient (Wildman–Crippen LogP) is 4.80. The molecule has 0 radical (unpaired) electrons. The highest BCUT2D eigenvalue weighted by molar-refractivity contribution is 6.32. The number of halogens is 1. The topological polar surface area (TPSA) is 127 Å². The molecule has 4 N–H and O–H groups in total. The smallest absolute Gasteiger partial charge is 0.408 e. The van der Waals surface area contributed by atoms with Crippen LogP contribution in [0, 0.1) is 11.8 Å². The minimum Gasteiger partial charge on any atom is -0.493 e. The van der Waals surface area contributed by atoms with Crippen LogP contribution in [0.3, 0.4) is 0 Å². The highest BCUT2D eigenvalue weighted by Gasteiger charge is 2.36. The van der Waals surface area contributed by atoms with E-state index in [2.05, 4.69) is 37.8 Å². The zero-order valence-corrected chi connectivity index (χ0v) is 24.1. The number of hydrogen-bond donors (Lipinski definition) is 4. The summed E-state index contributed by atoms with van der Waals surface area (Å²) in [5.74, 6) is 6.71. The van der Waals surface area contributed by atoms with Crippen molar-refractivity contribution in [3.8, 4) is 28.8 Å². The van der Waals surface area contributed by atoms with Gasteiger partial charge in [0.2, 0.25) is 0 Å². The zero-order valence-electron chi connectivity index (χ0n) is 23.4. The molecule has 1 unspecified atom stereocenters. The number of carbonyl (C=O) groups excluding carboxylic acids is 2. The fourth-order valence-electron chi connectivity index (χ4n) is 4.85. The summed E-state index contributed by atoms with van der Waals surface area (Å²) in [6.45, 7) is 6.62. The van der Waals surface area contributed by atoms with Gasteiger partial charge in [0.05, 0.1) is 53.5 Å². The molecule has 0 bridgehead atoms. The number of aromatic nitrogens is 2. The molecule has 1 atom stereocenters. The Bertz CT molecular complexity index is 1540. The summed E-state index contributed by atoms with van der Waals surface area (Å²) in [4.78, 5) is 33.4. The van der Waals surface area contributed by atoms with Crippen molar-refractivity contribution in [3.05, 3.63) is 58.5 Å². The van der Waals surface area contributed by atoms with E-state index in [0.717, 1.165) is 11.3 Å². The van der Waals surface area contributed by atoms with Crippen LogP contribution in [0.15, 0.2) is 36.7 Å². The van der Waals surface area contributed by atoms with E-state index in [1.807, 2.05) is 12.1 Å². The first-order valence-electron chi connectivity index (χ1n) is 13.3. The Labute approximate surface area is 243 Å². The molecule has 4 heterocycles. The zero-order chi connectivity index (χ0) is 29.2. The maximum absolute atomic E-state index is 13.1. The summed E-state index contributed by atoms with van der Waals surface area (Å²) in [5.41, 5.74) is 2.91. The Morgan fingerprint density at radius 2 is 2.10 bits per heavy atom. The van der Waals surface area contributed by atoms with Crippen LogP contribution in [0.5, 0.6) is 5.75 Å². The standard InChI is InChI=1S/C30H32ClN5O5/c1-29(2,3)41-28(38)36-30(12-15-40-17-30)11-8-18-16-32-13-9-19(18)24-25(23-21(34-24)10-14-33-27(23)37)35-22-7-5-6-20(31)26(22)39-4/h5-7,9,13,16,34-35H,10,12,14-15,17H2,1-4H3,(H,33,37)(H,36,38). The number of anilines is 2. The number of nitrogens with one attached hydrogen (secondary N) is 4. The van der Waals surface area contributed by atoms with Gasteiger partial charge in [0.15, 0.2) is 5.75 Å². The Balaban J connectivity index is 1.57. The molecule has 11 heteroatoms. The molecule has 1 aromatic carbocycles. The lowest BCUT2D eigenvalue weighted by Crippen LogP contribution is -2.49. The summed E-state index contributed by atoms with van der Waals surface area (Å²) in [5, 5.41) is 9.65. The SMILES string of the molecule is COc1c(Cl)cccc1Nc1c(-c2ccncc2C#CC2(NC(=O)OC(C)(C)C)CCOC2)[nH]c2c1C(=O)NCC2. The van der Waals surface area contributed by atoms with E-state index in [9.17, 15) is 9.59 Å². The number of carbonyl (C=O) groups is 2. The van der Waals surface area contributed by atoms with Gasteiger partial charge >= 0.3 is 6.09 Å². The number of benzene rings is 1. The molecule has 41 heavy (non-hydrogen) atoms. The van der Waals surface area contributed by atoms with E-state index in [1.165, 1.54) is 7.11 Å². The molecule has 1 saturated heterocycles. The van der Waals surface area contributed by atoms with E-state index in [0.29, 0.717) is 65.0 Å². The highest BCUT2D eigenvalue weighted by Crippen LogP contribution is 2.41. The van der Waals surface area contributed by atoms with Gasteiger partial charge < -0.3 is 35.1 Å². The van der Waals surface area contributed by atoms with Crippen molar-refractivity contribution in [2.45, 2.75) is 44.8 Å². The van der Waals surface area contributed by atoms with Gasteiger partial charge in [0.25, 0.3) is 5.91 Å². The quantitative estimate of drug-likeness (QED) is 0.321. The lowest BCUT2D eigenvalue weighted by Gasteiger charge is -2.26. The van der Waals surface area contributed by atoms with E-state index >= 15 is 0 Å². The molecule has 2 aromatic heterocycles. The molecule has 0 spiro atoms. The second kappa shape index (κ2) is 11.4. The van der Waals surface area contributed by atoms with Gasteiger partial charge in [-0.2, -0.15) is 0 Å². The molecule has 2 amide bonds. The number of rotatable bonds is 5. The largest absolute Gasteiger partial charge is 0.493 e. The molecule has 10 nitrogen and oxygen atoms in total. The fraction of sp³-hybridized carbons (Fsp3) is 0.367. The number of aromatic amines is 1. The number of ether oxygens (including phenoxy) is 3. The summed E-state index contributed by atoms with van der Waals surface area (Å²) in [6, 6.07) is 7.19. The van der Waals surface area contributed by atoms with E-state index in [-0.39, 0.29) is 12.5 Å². The Morgan fingerprint density at radius 3 is 2.83 bits per heavy atom. The summed E-state index contributed by atoms with van der Waals surface area (Å²) < 4.78 is 16.6. The summed E-state index contributed by atoms with van der Waals surface area (Å²) >= 11 is 6.38. The lowest BCUT2D eigenvalue weighted by molar-refractivity contribution is 0.0472. The van der Waals surface area contributed by atoms with Gasteiger partial charge in [-0.3, -0.25) is 9.78 Å². The van der Waals surface area contributed by atoms with Crippen molar-refractivity contribution in [2.75, 3.05) is 32.2 Å². The van der Waals surface area contributed by atoms with Crippen LogP contribution in [-0.4, -0.2) is 60.0 Å². The Kier molecular flexibility index (Phi) is 7.84. The molecule has 5 rings (SSSR count). The number of hydrogen-bond acceptors (Lipinski definition) is 7. The minimum atomic E-state index is -0.917. The van der Waals surface area contributed by atoms with E-state index in [4.69, 9.17) is 25.8 Å². The third-order valence-corrected chi connectivity index (χ3v) is 6.98. The number of methoxy groups -OCH3 is 1. The minimum absolute atomic E-state index is 0.192. The van der Waals surface area contributed by atoms with Gasteiger partial charge in [-0.05, 0) is 39.0 Å². The maximum atomic E-state index is 13.1. The monoisotopic (exact) mass is 577 g/mol. The molecule has 2 aliphatic rings. The Hall–Kier alpha value is -4.20. The van der Waals surface area contributed by atoms with Crippen molar-refractivity contribution in [1.82, 2.24) is 20.6 Å². The van der Waals surface area contributed by atoms with Crippen molar-refractivity contribution >= 4 is 35.0 Å². The van der Waals surface area contributed by atoms with Crippen LogP contribution in [0.2, 0.25) is 5.02 Å². The molecule has 214 valence electrons. The van der Waals surface area contributed by atoms with Crippen LogP contribution in [0.1, 0.15) is 48.8 Å². The summed E-state index contributed by atoms with van der Waals surface area (Å²) in [7, 11) is 1.54. The number of para-hydroxylation sites is 1. The first-order valence-corrected chi connectivity index (χ1v) is 13.7. The molecule has 2 aliphatic heterocycles. The predicted molar refractivity (Wildman–Crippen MR) is 156 cm³/mol. The first kappa shape index (κ1) is 28.3. The van der Waals surface area contributed by atoms with Crippen molar-refractivity contribution in [3.63, 3.8) is 0 Å². The van der Waals surface area contributed by atoms with Crippen molar-refractivity contribution in [2.24, 2.45) is 0 Å². The molecule has 0 saturated carbocycles. The summed E-state index contributed by atoms with van der Waals surface area (Å²) in [6.07, 6.45) is 3.90. The second-order valence-corrected chi connectivity index (χ2v) is 11.3. The van der Waals surface area contributed by atoms with Gasteiger partial charge in [0, 0.05) is 43.0 Å². The van der Waals surface area contributed by atoms with Crippen molar-refractivity contribution < 1.29 is 23.8 Å². The third kappa shape index (κ3) is 6.11. The van der Waals surface area contributed by atoms with Crippen LogP contribution >= 0.6 is 11.6 Å². The fourth-order valence-corrected chi connectivity index (χ4v) is 5.10. The van der Waals surface area contributed by atoms with Crippen LogP contribution in [0.25, 0.3) is 11.3 Å². The highest BCUT2D eigenvalue weighted by atomic mass is 35.5. The lowest BCUT2D eigenvalue weighted by atomic mass is 9.98. The number of amides is 2. The molecular formula is C30H32ClN5O5. The molecule has 0 aliphatic carbocycles. The van der Waals surface area contributed by atoms with Gasteiger partial charge in [-0.15, -0.1) is 0 Å². The van der Waals surface area contributed by atoms with Gasteiger partial charge in [-0.1, -0.05) is 29.5 Å². The Morgan fingerprint density at radius 1 is 1.27 bits per heavy atom. The molecule has 1 fully saturated rings. The average molecular weight is 578 g/mol. The maximum Gasteiger partial charge on any atom is 0.408 e. The van der Waals surface area contributed by atoms with Crippen LogP contribution in [0.4, 0.5) is 16.2 Å². The van der Waals surface area contributed by atoms with Gasteiger partial charge in [-0.25, -0.2) is 4.79 Å². The van der Waals surface area contributed by atoms with E-state index < -0.39 is 17.2 Å². The number of alkyl carbamates (subject to hydrolysis) is 1. The molecular weight excluding hydrogens is 546 g/mol. The average Bonchev–Trinajstić information content (AvgIpc) is 3.52. The van der Waals surface area contributed by atoms with Crippen LogP contribution in [-0.2, 0) is 15.9 Å². The first-order chi connectivity index (χ1) is 19.6. The number of pyridine rings is 1. The second-order valence-electron chi connectivity index (χ2n) is 10.9. The number of fused-ring (bicyclic) bond motifs is 1. The number of nitrogens with zero attached hydrogens (tertiary/aromatic N) is 1. The van der Waals surface area contributed by atoms with Crippen LogP contribution < -0.4 is 20.7 Å². The normalized spacial score (nSPS) is 18.0. The number of H-pyrrole nitrogens is 1. The van der Waals surface area contributed by atoms with Gasteiger partial charge in [0.1, 0.15) is 11.1 Å².